The second kappa shape index (κ2) is 10.9. The number of methoxy groups -OCH3 is 2. The van der Waals surface area contributed by atoms with Crippen molar-refractivity contribution in [3.8, 4) is 17.2 Å². The van der Waals surface area contributed by atoms with Crippen LogP contribution in [-0.4, -0.2) is 47.9 Å². The van der Waals surface area contributed by atoms with Gasteiger partial charge in [-0.05, 0) is 61.8 Å². The summed E-state index contributed by atoms with van der Waals surface area (Å²) in [5.74, 6) is 1.33. The fourth-order valence-corrected chi connectivity index (χ4v) is 3.91. The molecule has 8 nitrogen and oxygen atoms in total. The molecule has 3 aromatic rings. The first-order valence-corrected chi connectivity index (χ1v) is 11.2. The Morgan fingerprint density at radius 2 is 1.67 bits per heavy atom. The predicted octanol–water partition coefficient (Wildman–Crippen LogP) is 4.18. The molecule has 0 bridgehead atoms. The van der Waals surface area contributed by atoms with Crippen LogP contribution in [0.1, 0.15) is 35.3 Å². The first-order chi connectivity index (χ1) is 16.2. The van der Waals surface area contributed by atoms with Gasteiger partial charge in [0.05, 0.1) is 14.2 Å². The highest BCUT2D eigenvalue weighted by Gasteiger charge is 2.14. The lowest BCUT2D eigenvalue weighted by molar-refractivity contribution is 0.102. The number of amides is 1. The molecule has 1 N–H and O–H groups in total. The predicted molar refractivity (Wildman–Crippen MR) is 126 cm³/mol. The number of ether oxygens (including phenoxy) is 3. The van der Waals surface area contributed by atoms with Crippen molar-refractivity contribution in [3.05, 3.63) is 66.0 Å². The van der Waals surface area contributed by atoms with Crippen LogP contribution in [-0.2, 0) is 13.3 Å². The number of anilines is 1. The second-order valence-electron chi connectivity index (χ2n) is 7.99. The molecule has 1 fully saturated rings. The molecule has 0 unspecified atom stereocenters. The van der Waals surface area contributed by atoms with E-state index >= 15 is 0 Å². The molecule has 0 saturated carbocycles. The van der Waals surface area contributed by atoms with Gasteiger partial charge in [-0.25, -0.2) is 4.68 Å². The molecule has 2 heterocycles. The van der Waals surface area contributed by atoms with Crippen LogP contribution in [0.4, 0.5) is 5.69 Å². The zero-order chi connectivity index (χ0) is 23.0. The third kappa shape index (κ3) is 5.84. The van der Waals surface area contributed by atoms with Crippen molar-refractivity contribution in [2.24, 2.45) is 0 Å². The standard InChI is InChI=1S/C25H30N4O4/c1-31-22-7-6-8-23(32-2)24(22)33-18-29-16-13-21(27-29)25(30)26-20-11-9-19(10-12-20)17-28-14-4-3-5-15-28/h6-13,16H,3-5,14-15,17-18H2,1-2H3,(H,26,30). The number of likely N-dealkylation sites (tertiary alicyclic amines) is 1. The van der Waals surface area contributed by atoms with E-state index in [4.69, 9.17) is 14.2 Å². The molecule has 174 valence electrons. The monoisotopic (exact) mass is 450 g/mol. The Morgan fingerprint density at radius 1 is 0.970 bits per heavy atom. The Kier molecular flexibility index (Phi) is 7.47. The van der Waals surface area contributed by atoms with Gasteiger partial charge < -0.3 is 19.5 Å². The Hall–Kier alpha value is -3.52. The molecule has 0 atom stereocenters. The van der Waals surface area contributed by atoms with Crippen LogP contribution in [0.15, 0.2) is 54.7 Å². The fourth-order valence-electron chi connectivity index (χ4n) is 3.91. The van der Waals surface area contributed by atoms with Gasteiger partial charge in [-0.15, -0.1) is 0 Å². The lowest BCUT2D eigenvalue weighted by Gasteiger charge is -2.26. The topological polar surface area (TPSA) is 77.9 Å². The van der Waals surface area contributed by atoms with Gasteiger partial charge in [0.15, 0.2) is 23.9 Å². The average molecular weight is 451 g/mol. The van der Waals surface area contributed by atoms with Crippen molar-refractivity contribution in [2.75, 3.05) is 32.6 Å². The highest BCUT2D eigenvalue weighted by atomic mass is 16.5. The lowest BCUT2D eigenvalue weighted by atomic mass is 10.1. The Morgan fingerprint density at radius 3 is 2.33 bits per heavy atom. The van der Waals surface area contributed by atoms with E-state index in [1.54, 1.807) is 43.3 Å². The molecule has 0 spiro atoms. The number of para-hydroxylation sites is 1. The van der Waals surface area contributed by atoms with Crippen molar-refractivity contribution < 1.29 is 19.0 Å². The number of carbonyl (C=O) groups excluding carboxylic acids is 1. The van der Waals surface area contributed by atoms with Gasteiger partial charge in [-0.1, -0.05) is 24.6 Å². The largest absolute Gasteiger partial charge is 0.493 e. The Labute approximate surface area is 194 Å². The molecule has 0 radical (unpaired) electrons. The quantitative estimate of drug-likeness (QED) is 0.527. The second-order valence-corrected chi connectivity index (χ2v) is 7.99. The number of nitrogens with one attached hydrogen (secondary N) is 1. The van der Waals surface area contributed by atoms with Gasteiger partial charge in [-0.3, -0.25) is 9.69 Å². The Bertz CT molecular complexity index is 1040. The summed E-state index contributed by atoms with van der Waals surface area (Å²) < 4.78 is 18.1. The highest BCUT2D eigenvalue weighted by molar-refractivity contribution is 6.02. The Balaban J connectivity index is 1.33. The molecule has 1 aromatic heterocycles. The summed E-state index contributed by atoms with van der Waals surface area (Å²) in [5, 5.41) is 7.22. The minimum Gasteiger partial charge on any atom is -0.493 e. The van der Waals surface area contributed by atoms with Crippen LogP contribution in [0.5, 0.6) is 17.2 Å². The van der Waals surface area contributed by atoms with E-state index in [0.29, 0.717) is 22.9 Å². The number of rotatable bonds is 9. The molecule has 1 aliphatic rings. The number of aromatic nitrogens is 2. The van der Waals surface area contributed by atoms with Crippen molar-refractivity contribution in [3.63, 3.8) is 0 Å². The van der Waals surface area contributed by atoms with Crippen LogP contribution in [0.2, 0.25) is 0 Å². The maximum Gasteiger partial charge on any atom is 0.276 e. The highest BCUT2D eigenvalue weighted by Crippen LogP contribution is 2.36. The number of piperidine rings is 1. The molecule has 1 aliphatic heterocycles. The van der Waals surface area contributed by atoms with Crippen molar-refractivity contribution in [2.45, 2.75) is 32.5 Å². The molecule has 33 heavy (non-hydrogen) atoms. The maximum absolute atomic E-state index is 12.6. The van der Waals surface area contributed by atoms with Gasteiger partial charge in [0.2, 0.25) is 5.75 Å². The molecule has 0 aliphatic carbocycles. The van der Waals surface area contributed by atoms with E-state index in [1.807, 2.05) is 18.2 Å². The van der Waals surface area contributed by atoms with Crippen LogP contribution < -0.4 is 19.5 Å². The van der Waals surface area contributed by atoms with Gasteiger partial charge in [0.25, 0.3) is 5.91 Å². The van der Waals surface area contributed by atoms with E-state index in [1.165, 1.54) is 24.8 Å². The van der Waals surface area contributed by atoms with E-state index in [-0.39, 0.29) is 12.6 Å². The van der Waals surface area contributed by atoms with Crippen LogP contribution in [0, 0.1) is 0 Å². The molecule has 4 rings (SSSR count). The SMILES string of the molecule is COc1cccc(OC)c1OCn1ccc(C(=O)Nc2ccc(CN3CCCCC3)cc2)n1. The number of hydrogen-bond donors (Lipinski definition) is 1. The number of hydrogen-bond acceptors (Lipinski definition) is 6. The van der Waals surface area contributed by atoms with Gasteiger partial charge in [-0.2, -0.15) is 5.10 Å². The van der Waals surface area contributed by atoms with E-state index in [0.717, 1.165) is 25.3 Å². The number of nitrogens with zero attached hydrogens (tertiary/aromatic N) is 3. The first-order valence-electron chi connectivity index (χ1n) is 11.2. The fraction of sp³-hybridized carbons (Fsp3) is 0.360. The van der Waals surface area contributed by atoms with Gasteiger partial charge in [0, 0.05) is 18.4 Å². The smallest absolute Gasteiger partial charge is 0.276 e. The van der Waals surface area contributed by atoms with Crippen LogP contribution >= 0.6 is 0 Å². The molecular weight excluding hydrogens is 420 g/mol. The van der Waals surface area contributed by atoms with Crippen molar-refractivity contribution >= 4 is 11.6 Å². The van der Waals surface area contributed by atoms with Crippen LogP contribution in [0.3, 0.4) is 0 Å². The summed E-state index contributed by atoms with van der Waals surface area (Å²) in [7, 11) is 3.14. The van der Waals surface area contributed by atoms with E-state index in [2.05, 4.69) is 27.4 Å². The van der Waals surface area contributed by atoms with Gasteiger partial charge in [0.1, 0.15) is 0 Å². The first kappa shape index (κ1) is 22.7. The third-order valence-electron chi connectivity index (χ3n) is 5.66. The summed E-state index contributed by atoms with van der Waals surface area (Å²) in [6.45, 7) is 3.38. The third-order valence-corrected chi connectivity index (χ3v) is 5.66. The van der Waals surface area contributed by atoms with Gasteiger partial charge >= 0.3 is 0 Å². The number of benzene rings is 2. The number of carbonyl (C=O) groups is 1. The average Bonchev–Trinajstić information content (AvgIpc) is 3.33. The zero-order valence-electron chi connectivity index (χ0n) is 19.1. The lowest BCUT2D eigenvalue weighted by Crippen LogP contribution is -2.29. The molecule has 1 saturated heterocycles. The summed E-state index contributed by atoms with van der Waals surface area (Å²) in [4.78, 5) is 15.1. The molecule has 1 amide bonds. The summed E-state index contributed by atoms with van der Waals surface area (Å²) in [5.41, 5.74) is 2.30. The normalized spacial score (nSPS) is 14.0. The van der Waals surface area contributed by atoms with Crippen molar-refractivity contribution in [1.82, 2.24) is 14.7 Å². The molecular formula is C25H30N4O4. The van der Waals surface area contributed by atoms with E-state index < -0.39 is 0 Å². The maximum atomic E-state index is 12.6. The zero-order valence-corrected chi connectivity index (χ0v) is 19.1. The molecule has 2 aromatic carbocycles. The van der Waals surface area contributed by atoms with Crippen LogP contribution in [0.25, 0.3) is 0 Å². The summed E-state index contributed by atoms with van der Waals surface area (Å²) in [6.07, 6.45) is 5.58. The van der Waals surface area contributed by atoms with E-state index in [9.17, 15) is 4.79 Å². The minimum atomic E-state index is -0.271. The minimum absolute atomic E-state index is 0.106. The summed E-state index contributed by atoms with van der Waals surface area (Å²) >= 11 is 0. The van der Waals surface area contributed by atoms with Crippen molar-refractivity contribution in [1.29, 1.82) is 0 Å². The summed E-state index contributed by atoms with van der Waals surface area (Å²) in [6, 6.07) is 15.1. The molecule has 8 heteroatoms.